The second-order valence-electron chi connectivity index (χ2n) is 11.0. The molecule has 3 amide bonds. The van der Waals surface area contributed by atoms with Crippen molar-refractivity contribution in [1.82, 2.24) is 15.1 Å². The standard InChI is InChI=1S/C29H30F3N3O4/c30-29(31,32)20-5-3-4-17(12-20)19-14-34(15-19)23-6-1-2-7-25(23)39-21-8-9-22-18(13-21)16-35(28(22)38)24-10-11-26(36)33-27(24)37/h3-5,8-9,12-13,19,23-25H,1-2,6-7,10-11,14-16H2,(H,33,36,37). The van der Waals surface area contributed by atoms with Gasteiger partial charge in [0.15, 0.2) is 0 Å². The molecule has 1 saturated carbocycles. The number of nitrogens with zero attached hydrogens (tertiary/aromatic N) is 2. The molecule has 39 heavy (non-hydrogen) atoms. The Morgan fingerprint density at radius 2 is 1.74 bits per heavy atom. The van der Waals surface area contributed by atoms with Gasteiger partial charge >= 0.3 is 6.18 Å². The van der Waals surface area contributed by atoms with Crippen LogP contribution in [0, 0.1) is 0 Å². The van der Waals surface area contributed by atoms with E-state index in [1.807, 2.05) is 6.07 Å². The van der Waals surface area contributed by atoms with E-state index >= 15 is 0 Å². The molecule has 2 aromatic carbocycles. The lowest BCUT2D eigenvalue weighted by molar-refractivity contribution is -0.138. The largest absolute Gasteiger partial charge is 0.489 e. The van der Waals surface area contributed by atoms with Crippen molar-refractivity contribution in [3.63, 3.8) is 0 Å². The number of ether oxygens (including phenoxy) is 1. The van der Waals surface area contributed by atoms with Crippen LogP contribution in [0.1, 0.15) is 71.5 Å². The van der Waals surface area contributed by atoms with Crippen LogP contribution in [0.4, 0.5) is 13.2 Å². The van der Waals surface area contributed by atoms with Gasteiger partial charge in [-0.05, 0) is 61.1 Å². The first-order valence-corrected chi connectivity index (χ1v) is 13.5. The Hall–Kier alpha value is -3.40. The summed E-state index contributed by atoms with van der Waals surface area (Å²) in [5.41, 5.74) is 1.45. The number of nitrogens with one attached hydrogen (secondary N) is 1. The molecular formula is C29H30F3N3O4. The van der Waals surface area contributed by atoms with E-state index in [1.165, 1.54) is 17.0 Å². The molecule has 3 heterocycles. The number of hydrogen-bond donors (Lipinski definition) is 1. The maximum Gasteiger partial charge on any atom is 0.416 e. The molecule has 10 heteroatoms. The highest BCUT2D eigenvalue weighted by Gasteiger charge is 2.41. The molecule has 1 aliphatic carbocycles. The topological polar surface area (TPSA) is 79.0 Å². The highest BCUT2D eigenvalue weighted by Crippen LogP contribution is 2.38. The number of hydrogen-bond acceptors (Lipinski definition) is 5. The predicted octanol–water partition coefficient (Wildman–Crippen LogP) is 4.26. The van der Waals surface area contributed by atoms with Crippen molar-refractivity contribution in [1.29, 1.82) is 0 Å². The van der Waals surface area contributed by atoms with Crippen LogP contribution in [-0.4, -0.2) is 58.8 Å². The van der Waals surface area contributed by atoms with Gasteiger partial charge in [0.2, 0.25) is 11.8 Å². The van der Waals surface area contributed by atoms with Crippen LogP contribution in [-0.2, 0) is 22.3 Å². The minimum Gasteiger partial charge on any atom is -0.489 e. The van der Waals surface area contributed by atoms with E-state index in [4.69, 9.17) is 4.74 Å². The van der Waals surface area contributed by atoms with Gasteiger partial charge in [0.25, 0.3) is 5.91 Å². The molecule has 0 radical (unpaired) electrons. The fourth-order valence-electron chi connectivity index (χ4n) is 6.39. The van der Waals surface area contributed by atoms with Gasteiger partial charge in [-0.25, -0.2) is 0 Å². The van der Waals surface area contributed by atoms with Crippen LogP contribution in [0.15, 0.2) is 42.5 Å². The van der Waals surface area contributed by atoms with Crippen molar-refractivity contribution in [2.75, 3.05) is 13.1 Å². The number of halogens is 3. The first kappa shape index (κ1) is 25.9. The first-order valence-electron chi connectivity index (χ1n) is 13.5. The van der Waals surface area contributed by atoms with Crippen molar-refractivity contribution >= 4 is 17.7 Å². The third kappa shape index (κ3) is 5.02. The Labute approximate surface area is 224 Å². The van der Waals surface area contributed by atoms with E-state index < -0.39 is 23.7 Å². The van der Waals surface area contributed by atoms with E-state index in [0.29, 0.717) is 30.8 Å². The van der Waals surface area contributed by atoms with Gasteiger partial charge in [0, 0.05) is 43.6 Å². The molecule has 4 aliphatic rings. The normalized spacial score (nSPS) is 26.3. The lowest BCUT2D eigenvalue weighted by Gasteiger charge is -2.48. The monoisotopic (exact) mass is 541 g/mol. The van der Waals surface area contributed by atoms with Gasteiger partial charge in [-0.15, -0.1) is 0 Å². The predicted molar refractivity (Wildman–Crippen MR) is 135 cm³/mol. The van der Waals surface area contributed by atoms with Crippen LogP contribution in [0.3, 0.4) is 0 Å². The smallest absolute Gasteiger partial charge is 0.416 e. The Bertz CT molecular complexity index is 1310. The van der Waals surface area contributed by atoms with Gasteiger partial charge in [0.1, 0.15) is 17.9 Å². The number of carbonyl (C=O) groups excluding carboxylic acids is 3. The van der Waals surface area contributed by atoms with Crippen molar-refractivity contribution in [3.8, 4) is 5.75 Å². The van der Waals surface area contributed by atoms with Crippen molar-refractivity contribution in [2.45, 2.75) is 75.4 Å². The fraction of sp³-hybridized carbons (Fsp3) is 0.483. The Morgan fingerprint density at radius 1 is 0.949 bits per heavy atom. The molecule has 0 spiro atoms. The number of piperidine rings is 1. The fourth-order valence-corrected chi connectivity index (χ4v) is 6.39. The van der Waals surface area contributed by atoms with Crippen LogP contribution in [0.2, 0.25) is 0 Å². The molecule has 3 aliphatic heterocycles. The van der Waals surface area contributed by atoms with E-state index in [9.17, 15) is 27.6 Å². The van der Waals surface area contributed by atoms with Crippen LogP contribution >= 0.6 is 0 Å². The number of imide groups is 1. The van der Waals surface area contributed by atoms with Crippen molar-refractivity contribution in [2.24, 2.45) is 0 Å². The molecule has 2 aromatic rings. The summed E-state index contributed by atoms with van der Waals surface area (Å²) in [6.07, 6.45) is 0.0889. The number of fused-ring (bicyclic) bond motifs is 1. The second-order valence-corrected chi connectivity index (χ2v) is 11.0. The minimum absolute atomic E-state index is 0.0531. The molecule has 0 bridgehead atoms. The minimum atomic E-state index is -4.35. The molecular weight excluding hydrogens is 511 g/mol. The zero-order valence-corrected chi connectivity index (χ0v) is 21.4. The maximum atomic E-state index is 13.2. The van der Waals surface area contributed by atoms with E-state index in [1.54, 1.807) is 18.2 Å². The Morgan fingerprint density at radius 3 is 2.51 bits per heavy atom. The SMILES string of the molecule is O=C1CCC(N2Cc3cc(OC4CCCCC4N4CC(c5cccc(C(F)(F)F)c5)C4)ccc3C2=O)C(=O)N1. The first-order chi connectivity index (χ1) is 18.7. The molecule has 1 N–H and O–H groups in total. The third-order valence-electron chi connectivity index (χ3n) is 8.51. The van der Waals surface area contributed by atoms with Crippen LogP contribution < -0.4 is 10.1 Å². The average Bonchev–Trinajstić information content (AvgIpc) is 3.19. The number of carbonyl (C=O) groups is 3. The third-order valence-corrected chi connectivity index (χ3v) is 8.51. The number of likely N-dealkylation sites (tertiary alicyclic amines) is 1. The summed E-state index contributed by atoms with van der Waals surface area (Å²) in [6, 6.07) is 10.5. The molecule has 3 unspecified atom stereocenters. The van der Waals surface area contributed by atoms with Gasteiger partial charge in [0.05, 0.1) is 5.56 Å². The molecule has 3 fully saturated rings. The highest BCUT2D eigenvalue weighted by molar-refractivity contribution is 6.05. The molecule has 2 saturated heterocycles. The summed E-state index contributed by atoms with van der Waals surface area (Å²) in [5, 5.41) is 2.32. The lowest BCUT2D eigenvalue weighted by Crippen LogP contribution is -2.57. The summed E-state index contributed by atoms with van der Waals surface area (Å²) in [5.74, 6) is -0.242. The van der Waals surface area contributed by atoms with E-state index in [-0.39, 0.29) is 42.8 Å². The van der Waals surface area contributed by atoms with Crippen LogP contribution in [0.25, 0.3) is 0 Å². The van der Waals surface area contributed by atoms with Gasteiger partial charge in [-0.3, -0.25) is 24.6 Å². The van der Waals surface area contributed by atoms with E-state index in [0.717, 1.165) is 42.9 Å². The molecule has 6 rings (SSSR count). The summed E-state index contributed by atoms with van der Waals surface area (Å²) in [6.45, 7) is 1.69. The summed E-state index contributed by atoms with van der Waals surface area (Å²) in [4.78, 5) is 40.7. The highest BCUT2D eigenvalue weighted by atomic mass is 19.4. The summed E-state index contributed by atoms with van der Waals surface area (Å²) in [7, 11) is 0. The molecule has 206 valence electrons. The molecule has 7 nitrogen and oxygen atoms in total. The number of amides is 3. The lowest BCUT2D eigenvalue weighted by atomic mass is 9.84. The molecule has 3 atom stereocenters. The van der Waals surface area contributed by atoms with Crippen LogP contribution in [0.5, 0.6) is 5.75 Å². The maximum absolute atomic E-state index is 13.2. The number of benzene rings is 2. The average molecular weight is 542 g/mol. The number of rotatable bonds is 5. The quantitative estimate of drug-likeness (QED) is 0.573. The van der Waals surface area contributed by atoms with Crippen molar-refractivity contribution < 1.29 is 32.3 Å². The zero-order valence-electron chi connectivity index (χ0n) is 21.4. The number of alkyl halides is 3. The van der Waals surface area contributed by atoms with E-state index in [2.05, 4.69) is 10.2 Å². The molecule has 0 aromatic heterocycles. The summed E-state index contributed by atoms with van der Waals surface area (Å²) < 4.78 is 45.9. The van der Waals surface area contributed by atoms with Gasteiger partial charge in [-0.2, -0.15) is 13.2 Å². The Kier molecular flexibility index (Phi) is 6.61. The summed E-state index contributed by atoms with van der Waals surface area (Å²) >= 11 is 0. The van der Waals surface area contributed by atoms with Gasteiger partial charge < -0.3 is 9.64 Å². The van der Waals surface area contributed by atoms with Gasteiger partial charge in [-0.1, -0.05) is 24.6 Å². The Balaban J connectivity index is 1.11. The van der Waals surface area contributed by atoms with Crippen molar-refractivity contribution in [3.05, 3.63) is 64.7 Å². The zero-order chi connectivity index (χ0) is 27.3. The second kappa shape index (κ2) is 9.97.